The molecule has 3 N–H and O–H groups in total. The molecule has 1 aromatic carbocycles. The van der Waals surface area contributed by atoms with Gasteiger partial charge in [-0.1, -0.05) is 50.7 Å². The van der Waals surface area contributed by atoms with Crippen molar-refractivity contribution in [1.29, 1.82) is 5.26 Å². The van der Waals surface area contributed by atoms with Gasteiger partial charge in [-0.2, -0.15) is 5.26 Å². The fourth-order valence-corrected chi connectivity index (χ4v) is 6.93. The van der Waals surface area contributed by atoms with E-state index < -0.39 is 16.1 Å². The highest BCUT2D eigenvalue weighted by Gasteiger charge is 2.31. The summed E-state index contributed by atoms with van der Waals surface area (Å²) in [7, 11) is -4.00. The minimum absolute atomic E-state index is 0.0142. The molecule has 202 valence electrons. The molecule has 1 aromatic rings. The van der Waals surface area contributed by atoms with Gasteiger partial charge in [0.05, 0.1) is 17.5 Å². The number of likely N-dealkylation sites (tertiary alicyclic amines) is 1. The molecular weight excluding hydrogens is 490 g/mol. The Balaban J connectivity index is 1.41. The number of sulfonamides is 1. The second-order valence-corrected chi connectivity index (χ2v) is 12.3. The number of carbonyl (C=O) groups excluding carboxylic acids is 2. The number of amides is 3. The van der Waals surface area contributed by atoms with E-state index in [4.69, 9.17) is 0 Å². The maximum absolute atomic E-state index is 12.9. The smallest absolute Gasteiger partial charge is 0.328 e. The van der Waals surface area contributed by atoms with E-state index in [1.165, 1.54) is 18.6 Å². The molecule has 0 aromatic heterocycles. The quantitative estimate of drug-likeness (QED) is 0.470. The lowest BCUT2D eigenvalue weighted by Crippen LogP contribution is -2.45. The van der Waals surface area contributed by atoms with Gasteiger partial charge in [-0.05, 0) is 62.1 Å². The third-order valence-electron chi connectivity index (χ3n) is 8.03. The Hall–Kier alpha value is -2.64. The summed E-state index contributed by atoms with van der Waals surface area (Å²) < 4.78 is 27.8. The van der Waals surface area contributed by atoms with E-state index in [1.807, 2.05) is 0 Å². The van der Waals surface area contributed by atoms with Crippen LogP contribution in [0.4, 0.5) is 4.79 Å². The molecule has 37 heavy (non-hydrogen) atoms. The van der Waals surface area contributed by atoms with Gasteiger partial charge < -0.3 is 15.5 Å². The number of urea groups is 1. The summed E-state index contributed by atoms with van der Waals surface area (Å²) in [6.07, 6.45) is 12.1. The summed E-state index contributed by atoms with van der Waals surface area (Å²) >= 11 is 0. The van der Waals surface area contributed by atoms with E-state index in [0.29, 0.717) is 12.5 Å². The molecule has 1 saturated heterocycles. The number of nitriles is 1. The molecule has 10 heteroatoms. The van der Waals surface area contributed by atoms with E-state index in [9.17, 15) is 23.3 Å². The van der Waals surface area contributed by atoms with Crippen molar-refractivity contribution in [3.63, 3.8) is 0 Å². The van der Waals surface area contributed by atoms with Crippen LogP contribution < -0.4 is 15.4 Å². The second kappa shape index (κ2) is 12.7. The molecule has 2 atom stereocenters. The van der Waals surface area contributed by atoms with Crippen LogP contribution in [0.1, 0.15) is 88.7 Å². The van der Waals surface area contributed by atoms with Crippen LogP contribution in [0.25, 0.3) is 0 Å². The highest BCUT2D eigenvalue weighted by atomic mass is 32.2. The summed E-state index contributed by atoms with van der Waals surface area (Å²) in [5.41, 5.74) is 0.920. The number of rotatable bonds is 8. The number of carbonyl (C=O) groups is 2. The van der Waals surface area contributed by atoms with Gasteiger partial charge in [0.25, 0.3) is 10.0 Å². The molecule has 9 nitrogen and oxygen atoms in total. The Bertz CT molecular complexity index is 1070. The third-order valence-corrected chi connectivity index (χ3v) is 9.38. The number of nitrogens with zero attached hydrogens (tertiary/aromatic N) is 2. The topological polar surface area (TPSA) is 131 Å². The standard InChI is InChI=1S/C27H39N5O4S/c28-18-23-12-7-17-32(23)25(33)19-29-26(20-8-3-1-4-9-20)21-13-15-24(16-14-21)37(35,36)31-27(34)30-22-10-5-2-6-11-22/h13-16,20,22-23,26,29H,1-12,17,19H2,(H2,30,31,34)/t23-,26?/m0/s1. The van der Waals surface area contributed by atoms with E-state index in [2.05, 4.69) is 21.4 Å². The van der Waals surface area contributed by atoms with Crippen LogP contribution >= 0.6 is 0 Å². The van der Waals surface area contributed by atoms with Crippen molar-refractivity contribution in [1.82, 2.24) is 20.3 Å². The highest BCUT2D eigenvalue weighted by molar-refractivity contribution is 7.90. The van der Waals surface area contributed by atoms with Gasteiger partial charge in [-0.25, -0.2) is 17.9 Å². The maximum atomic E-state index is 12.9. The Morgan fingerprint density at radius 1 is 0.946 bits per heavy atom. The number of hydrogen-bond acceptors (Lipinski definition) is 6. The molecule has 2 saturated carbocycles. The Morgan fingerprint density at radius 2 is 1.59 bits per heavy atom. The molecule has 1 unspecified atom stereocenters. The predicted molar refractivity (Wildman–Crippen MR) is 140 cm³/mol. The zero-order valence-corrected chi connectivity index (χ0v) is 22.3. The molecule has 3 aliphatic rings. The summed E-state index contributed by atoms with van der Waals surface area (Å²) in [6, 6.07) is 7.71. The van der Waals surface area contributed by atoms with Crippen LogP contribution in [0.3, 0.4) is 0 Å². The molecule has 1 aliphatic heterocycles. The number of hydrogen-bond donors (Lipinski definition) is 3. The third kappa shape index (κ3) is 7.23. The minimum atomic E-state index is -4.00. The van der Waals surface area contributed by atoms with Crippen molar-refractivity contribution in [3.05, 3.63) is 29.8 Å². The monoisotopic (exact) mass is 529 g/mol. The molecule has 0 spiro atoms. The Morgan fingerprint density at radius 3 is 2.24 bits per heavy atom. The Kier molecular flexibility index (Phi) is 9.43. The van der Waals surface area contributed by atoms with Crippen molar-refractivity contribution in [3.8, 4) is 6.07 Å². The zero-order valence-electron chi connectivity index (χ0n) is 21.5. The van der Waals surface area contributed by atoms with E-state index in [1.54, 1.807) is 17.0 Å². The molecule has 3 fully saturated rings. The van der Waals surface area contributed by atoms with Crippen LogP contribution in [-0.4, -0.2) is 50.4 Å². The minimum Gasteiger partial charge on any atom is -0.335 e. The highest BCUT2D eigenvalue weighted by Crippen LogP contribution is 2.35. The summed E-state index contributed by atoms with van der Waals surface area (Å²) in [4.78, 5) is 26.9. The van der Waals surface area contributed by atoms with Crippen molar-refractivity contribution < 1.29 is 18.0 Å². The van der Waals surface area contributed by atoms with E-state index in [-0.39, 0.29) is 35.5 Å². The second-order valence-electron chi connectivity index (χ2n) is 10.6. The molecule has 1 heterocycles. The summed E-state index contributed by atoms with van der Waals surface area (Å²) in [5, 5.41) is 15.5. The van der Waals surface area contributed by atoms with Crippen molar-refractivity contribution >= 4 is 22.0 Å². The average molecular weight is 530 g/mol. The lowest BCUT2D eigenvalue weighted by Gasteiger charge is -2.32. The molecule has 4 rings (SSSR count). The van der Waals surface area contributed by atoms with Crippen LogP contribution in [-0.2, 0) is 14.8 Å². The fourth-order valence-electron chi connectivity index (χ4n) is 6.02. The summed E-state index contributed by atoms with van der Waals surface area (Å²) in [5.74, 6) is 0.269. The van der Waals surface area contributed by atoms with Crippen LogP contribution in [0.5, 0.6) is 0 Å². The normalized spacial score (nSPS) is 22.2. The molecule has 0 bridgehead atoms. The van der Waals surface area contributed by atoms with Crippen LogP contribution in [0.15, 0.2) is 29.2 Å². The van der Waals surface area contributed by atoms with Gasteiger partial charge in [-0.3, -0.25) is 4.79 Å². The van der Waals surface area contributed by atoms with Gasteiger partial charge >= 0.3 is 6.03 Å². The number of benzene rings is 1. The van der Waals surface area contributed by atoms with Crippen molar-refractivity contribution in [2.45, 2.75) is 100 Å². The molecule has 0 radical (unpaired) electrons. The first-order valence-electron chi connectivity index (χ1n) is 13.7. The predicted octanol–water partition coefficient (Wildman–Crippen LogP) is 3.73. The zero-order chi connectivity index (χ0) is 26.3. The molecular formula is C27H39N5O4S. The van der Waals surface area contributed by atoms with Crippen molar-refractivity contribution in [2.24, 2.45) is 5.92 Å². The maximum Gasteiger partial charge on any atom is 0.328 e. The lowest BCUT2D eigenvalue weighted by atomic mass is 9.81. The van der Waals surface area contributed by atoms with Crippen LogP contribution in [0.2, 0.25) is 0 Å². The average Bonchev–Trinajstić information content (AvgIpc) is 3.39. The van der Waals surface area contributed by atoms with Gasteiger partial charge in [0.2, 0.25) is 5.91 Å². The SMILES string of the molecule is N#C[C@@H]1CCCN1C(=O)CNC(c1ccc(S(=O)(=O)NC(=O)NC2CCCCC2)cc1)C1CCCCC1. The first-order valence-corrected chi connectivity index (χ1v) is 15.2. The van der Waals surface area contributed by atoms with Gasteiger partial charge in [-0.15, -0.1) is 0 Å². The number of nitrogens with one attached hydrogen (secondary N) is 3. The first kappa shape index (κ1) is 27.4. The lowest BCUT2D eigenvalue weighted by molar-refractivity contribution is -0.130. The van der Waals surface area contributed by atoms with Crippen molar-refractivity contribution in [2.75, 3.05) is 13.1 Å². The largest absolute Gasteiger partial charge is 0.335 e. The summed E-state index contributed by atoms with van der Waals surface area (Å²) in [6.45, 7) is 0.753. The first-order chi connectivity index (χ1) is 17.9. The van der Waals surface area contributed by atoms with Crippen LogP contribution in [0, 0.1) is 17.2 Å². The van der Waals surface area contributed by atoms with E-state index >= 15 is 0 Å². The Labute approximate surface area is 220 Å². The van der Waals surface area contributed by atoms with Gasteiger partial charge in [0.15, 0.2) is 0 Å². The molecule has 3 amide bonds. The molecule has 2 aliphatic carbocycles. The van der Waals surface area contributed by atoms with Gasteiger partial charge in [0.1, 0.15) is 6.04 Å². The fraction of sp³-hybridized carbons (Fsp3) is 0.667. The van der Waals surface area contributed by atoms with Gasteiger partial charge in [0, 0.05) is 18.6 Å². The van der Waals surface area contributed by atoms with E-state index in [0.717, 1.165) is 76.2 Å².